The lowest BCUT2D eigenvalue weighted by Gasteiger charge is -2.28. The first-order chi connectivity index (χ1) is 14.1. The van der Waals surface area contributed by atoms with Gasteiger partial charge in [0.2, 0.25) is 15.6 Å². The number of aromatic amines is 1. The number of nitrogens with zero attached hydrogens (tertiary/aromatic N) is 1. The molecular weight excluding hydrogens is 427 g/mol. The van der Waals surface area contributed by atoms with Crippen molar-refractivity contribution in [1.29, 1.82) is 0 Å². The highest BCUT2D eigenvalue weighted by atomic mass is 32.2. The number of pyridine rings is 1. The fourth-order valence-corrected chi connectivity index (χ4v) is 4.54. The van der Waals surface area contributed by atoms with Gasteiger partial charge < -0.3 is 14.6 Å². The number of hydrogen-bond acceptors (Lipinski definition) is 6. The molecule has 30 heavy (non-hydrogen) atoms. The van der Waals surface area contributed by atoms with Crippen LogP contribution < -0.4 is 16.2 Å². The maximum absolute atomic E-state index is 12.8. The summed E-state index contributed by atoms with van der Waals surface area (Å²) in [5.41, 5.74) is 0.789. The fraction of sp³-hybridized carbons (Fsp3) is 0.278. The Labute approximate surface area is 169 Å². The Morgan fingerprint density at radius 3 is 2.23 bits per heavy atom. The number of H-pyrrole nitrogens is 1. The molecule has 1 fully saturated rings. The normalized spacial score (nSPS) is 15.7. The Morgan fingerprint density at radius 1 is 1.07 bits per heavy atom. The summed E-state index contributed by atoms with van der Waals surface area (Å²) in [4.78, 5) is 18.9. The van der Waals surface area contributed by atoms with E-state index in [1.165, 1.54) is 10.4 Å². The molecule has 0 radical (unpaired) electrons. The summed E-state index contributed by atoms with van der Waals surface area (Å²) in [6.45, 7) is 0.227. The van der Waals surface area contributed by atoms with Crippen LogP contribution in [0.25, 0.3) is 5.76 Å². The summed E-state index contributed by atoms with van der Waals surface area (Å²) >= 11 is 0. The molecule has 1 aromatic heterocycles. The Morgan fingerprint density at radius 2 is 1.70 bits per heavy atom. The van der Waals surface area contributed by atoms with Gasteiger partial charge in [0, 0.05) is 19.2 Å². The van der Waals surface area contributed by atoms with E-state index in [-0.39, 0.29) is 29.3 Å². The van der Waals surface area contributed by atoms with Crippen LogP contribution in [0.3, 0.4) is 0 Å². The molecule has 0 atom stereocenters. The highest BCUT2D eigenvalue weighted by Gasteiger charge is 2.32. The second kappa shape index (κ2) is 8.50. The van der Waals surface area contributed by atoms with E-state index < -0.39 is 22.1 Å². The number of nitrogens with two attached hydrogens (primary N) is 1. The summed E-state index contributed by atoms with van der Waals surface area (Å²) in [7, 11) is -3.91. The topological polar surface area (TPSA) is 115 Å². The third-order valence-electron chi connectivity index (χ3n) is 4.47. The number of halogens is 3. The van der Waals surface area contributed by atoms with E-state index in [0.717, 1.165) is 29.8 Å². The van der Waals surface area contributed by atoms with Crippen LogP contribution >= 0.6 is 0 Å². The van der Waals surface area contributed by atoms with Crippen molar-refractivity contribution in [3.63, 3.8) is 0 Å². The first kappa shape index (κ1) is 21.9. The number of piperidine rings is 1. The van der Waals surface area contributed by atoms with E-state index in [2.05, 4.69) is 9.72 Å². The average molecular weight is 445 g/mol. The van der Waals surface area contributed by atoms with Crippen molar-refractivity contribution in [2.45, 2.75) is 24.1 Å². The summed E-state index contributed by atoms with van der Waals surface area (Å²) in [6.07, 6.45) is -4.25. The number of nitrogens with one attached hydrogen (secondary N) is 1. The van der Waals surface area contributed by atoms with E-state index in [1.54, 1.807) is 12.1 Å². The van der Waals surface area contributed by atoms with Gasteiger partial charge in [0.25, 0.3) is 0 Å². The van der Waals surface area contributed by atoms with Gasteiger partial charge in [-0.25, -0.2) is 8.42 Å². The number of aromatic nitrogens is 1. The van der Waals surface area contributed by atoms with Crippen molar-refractivity contribution in [2.75, 3.05) is 13.1 Å². The standard InChI is InChI=1S/C18H18F3N3O5S/c19-18(20,21)28-13-4-6-14(7-5-13)30(26,27)24-10-8-12(9-11-24)17(29-22)15-2-1-3-16(25)23-15/h1-7H,8-11,22H2,(H,23,25). The number of sulfonamides is 1. The van der Waals surface area contributed by atoms with Gasteiger partial charge in [-0.05, 0) is 48.7 Å². The molecule has 0 amide bonds. The number of ether oxygens (including phenoxy) is 1. The number of rotatable bonds is 5. The molecular formula is C18H18F3N3O5S. The van der Waals surface area contributed by atoms with Crippen LogP contribution in [0, 0.1) is 0 Å². The van der Waals surface area contributed by atoms with Crippen LogP contribution in [0.5, 0.6) is 5.75 Å². The molecule has 2 aromatic rings. The molecule has 162 valence electrons. The van der Waals surface area contributed by atoms with Crippen molar-refractivity contribution in [2.24, 2.45) is 5.90 Å². The maximum atomic E-state index is 12.8. The predicted molar refractivity (Wildman–Crippen MR) is 100 cm³/mol. The Bertz CT molecular complexity index is 1090. The van der Waals surface area contributed by atoms with Crippen LogP contribution in [0.2, 0.25) is 0 Å². The first-order valence-corrected chi connectivity index (χ1v) is 10.2. The molecule has 12 heteroatoms. The van der Waals surface area contributed by atoms with Gasteiger partial charge in [-0.1, -0.05) is 6.07 Å². The predicted octanol–water partition coefficient (Wildman–Crippen LogP) is 2.36. The number of hydrogen-bond donors (Lipinski definition) is 2. The molecule has 2 heterocycles. The number of benzene rings is 1. The van der Waals surface area contributed by atoms with Gasteiger partial charge in [-0.15, -0.1) is 13.2 Å². The molecule has 3 rings (SSSR count). The van der Waals surface area contributed by atoms with Gasteiger partial charge >= 0.3 is 6.36 Å². The first-order valence-electron chi connectivity index (χ1n) is 8.74. The van der Waals surface area contributed by atoms with Gasteiger partial charge in [0.15, 0.2) is 5.76 Å². The minimum absolute atomic E-state index is 0.113. The molecule has 3 N–H and O–H groups in total. The van der Waals surface area contributed by atoms with Crippen LogP contribution in [0.4, 0.5) is 13.2 Å². The van der Waals surface area contributed by atoms with E-state index in [1.807, 2.05) is 0 Å². The summed E-state index contributed by atoms with van der Waals surface area (Å²) in [5.74, 6) is 5.12. The highest BCUT2D eigenvalue weighted by Crippen LogP contribution is 2.30. The molecule has 0 aliphatic carbocycles. The highest BCUT2D eigenvalue weighted by molar-refractivity contribution is 7.89. The molecule has 1 aliphatic rings. The van der Waals surface area contributed by atoms with Crippen molar-refractivity contribution in [1.82, 2.24) is 9.29 Å². The lowest BCUT2D eigenvalue weighted by molar-refractivity contribution is -0.274. The third kappa shape index (κ3) is 5.01. The minimum Gasteiger partial charge on any atom is -0.409 e. The maximum Gasteiger partial charge on any atom is 0.573 e. The zero-order valence-electron chi connectivity index (χ0n) is 15.5. The molecule has 1 aliphatic heterocycles. The molecule has 0 spiro atoms. The van der Waals surface area contributed by atoms with Crippen LogP contribution in [-0.4, -0.2) is 37.2 Å². The van der Waals surface area contributed by atoms with Crippen LogP contribution in [0.15, 0.2) is 57.7 Å². The quantitative estimate of drug-likeness (QED) is 0.539. The van der Waals surface area contributed by atoms with Crippen LogP contribution in [-0.2, 0) is 14.9 Å². The monoisotopic (exact) mass is 445 g/mol. The largest absolute Gasteiger partial charge is 0.573 e. The van der Waals surface area contributed by atoms with Crippen molar-refractivity contribution in [3.05, 3.63) is 64.1 Å². The number of alkyl halides is 3. The van der Waals surface area contributed by atoms with Gasteiger partial charge in [-0.2, -0.15) is 10.2 Å². The summed E-state index contributed by atoms with van der Waals surface area (Å²) in [5, 5.41) is 0. The lowest BCUT2D eigenvalue weighted by Crippen LogP contribution is -2.36. The second-order valence-electron chi connectivity index (χ2n) is 6.40. The minimum atomic E-state index is -4.86. The zero-order valence-corrected chi connectivity index (χ0v) is 16.3. The molecule has 0 saturated carbocycles. The van der Waals surface area contributed by atoms with Crippen molar-refractivity contribution >= 4 is 15.8 Å². The summed E-state index contributed by atoms with van der Waals surface area (Å²) < 4.78 is 67.3. The molecule has 0 bridgehead atoms. The van der Waals surface area contributed by atoms with Gasteiger partial charge in [0.1, 0.15) is 5.75 Å². The van der Waals surface area contributed by atoms with E-state index in [4.69, 9.17) is 10.7 Å². The average Bonchev–Trinajstić information content (AvgIpc) is 2.68. The van der Waals surface area contributed by atoms with Crippen molar-refractivity contribution < 1.29 is 31.2 Å². The molecule has 1 aromatic carbocycles. The second-order valence-corrected chi connectivity index (χ2v) is 8.34. The van der Waals surface area contributed by atoms with E-state index in [0.29, 0.717) is 18.5 Å². The smallest absolute Gasteiger partial charge is 0.409 e. The third-order valence-corrected chi connectivity index (χ3v) is 6.39. The fourth-order valence-electron chi connectivity index (χ4n) is 3.10. The SMILES string of the molecule is NOC(=C1CCN(S(=O)(=O)c2ccc(OC(F)(F)F)cc2)CC1)c1cccc(=O)[nH]1. The Hall–Kier alpha value is -2.83. The van der Waals surface area contributed by atoms with Crippen LogP contribution in [0.1, 0.15) is 18.5 Å². The van der Waals surface area contributed by atoms with Gasteiger partial charge in [0.05, 0.1) is 10.6 Å². The van der Waals surface area contributed by atoms with E-state index >= 15 is 0 Å². The molecule has 1 saturated heterocycles. The molecule has 8 nitrogen and oxygen atoms in total. The summed E-state index contributed by atoms with van der Waals surface area (Å²) in [6, 6.07) is 8.51. The van der Waals surface area contributed by atoms with Crippen molar-refractivity contribution in [3.8, 4) is 5.75 Å². The zero-order chi connectivity index (χ0) is 21.9. The Kier molecular flexibility index (Phi) is 6.19. The lowest BCUT2D eigenvalue weighted by atomic mass is 10.0. The van der Waals surface area contributed by atoms with Gasteiger partial charge in [-0.3, -0.25) is 4.79 Å². The van der Waals surface area contributed by atoms with E-state index in [9.17, 15) is 26.4 Å². The molecule has 0 unspecified atom stereocenters. The Balaban J connectivity index is 1.75.